The van der Waals surface area contributed by atoms with Gasteiger partial charge in [0.1, 0.15) is 28.2 Å². The highest BCUT2D eigenvalue weighted by molar-refractivity contribution is 5.74. The first-order chi connectivity index (χ1) is 43.3. The summed E-state index contributed by atoms with van der Waals surface area (Å²) in [5.41, 5.74) is 23.8. The lowest BCUT2D eigenvalue weighted by Crippen LogP contribution is -2.31. The van der Waals surface area contributed by atoms with Crippen molar-refractivity contribution in [3.8, 4) is 78.4 Å². The van der Waals surface area contributed by atoms with Crippen LogP contribution in [0.1, 0.15) is 77.6 Å². The van der Waals surface area contributed by atoms with E-state index in [1.54, 1.807) is 42.7 Å². The van der Waals surface area contributed by atoms with E-state index in [0.29, 0.717) is 22.3 Å². The molecule has 0 aliphatic rings. The normalized spacial score (nSPS) is 13.3. The maximum atomic E-state index is 7.90. The molecule has 0 aliphatic heterocycles. The van der Waals surface area contributed by atoms with E-state index in [1.165, 1.54) is 57.1 Å². The minimum absolute atomic E-state index is 0.331. The van der Waals surface area contributed by atoms with E-state index in [0.717, 1.165) is 61.6 Å². The van der Waals surface area contributed by atoms with Gasteiger partial charge in [0.25, 0.3) is 0 Å². The lowest BCUT2D eigenvalue weighted by molar-refractivity contribution is -0.660. The molecule has 7 aromatic carbocycles. The molecule has 0 fully saturated rings. The molecule has 81 heavy (non-hydrogen) atoms. The maximum absolute atomic E-state index is 7.90. The van der Waals surface area contributed by atoms with Gasteiger partial charge in [-0.2, -0.15) is 0 Å². The zero-order valence-corrected chi connectivity index (χ0v) is 48.7. The topological polar surface area (TPSA) is 15.5 Å². The second kappa shape index (κ2) is 26.9. The fourth-order valence-corrected chi connectivity index (χ4v) is 10.3. The molecular weight excluding hydrogens is 981 g/mol. The molecule has 4 heterocycles. The van der Waals surface area contributed by atoms with E-state index in [-0.39, 0.29) is 0 Å². The second-order valence-electron chi connectivity index (χ2n) is 20.8. The summed E-state index contributed by atoms with van der Waals surface area (Å²) in [5.74, 6) is 0. The Morgan fingerprint density at radius 3 is 1.07 bits per heavy atom. The third-order valence-corrected chi connectivity index (χ3v) is 14.8. The number of nitrogens with zero attached hydrogens (tertiary/aromatic N) is 4. The van der Waals surface area contributed by atoms with Crippen molar-refractivity contribution in [2.45, 2.75) is 75.4 Å². The average Bonchev–Trinajstić information content (AvgIpc) is 0.882. The second-order valence-corrected chi connectivity index (χ2v) is 20.8. The van der Waals surface area contributed by atoms with Crippen LogP contribution in [-0.4, -0.2) is 0 Å². The molecular formula is C77H82N4+4. The fourth-order valence-electron chi connectivity index (χ4n) is 10.3. The number of pyridine rings is 4. The van der Waals surface area contributed by atoms with Gasteiger partial charge >= 0.3 is 0 Å². The number of hydrogen-bond donors (Lipinski definition) is 0. The molecule has 406 valence electrons. The smallest absolute Gasteiger partial charge is 0.201 e. The third kappa shape index (κ3) is 14.3. The van der Waals surface area contributed by atoms with Crippen molar-refractivity contribution in [3.05, 3.63) is 287 Å². The van der Waals surface area contributed by atoms with Crippen LogP contribution in [0, 0.1) is 62.1 Å². The number of aryl methyl sites for hydroxylation is 14. The van der Waals surface area contributed by atoms with E-state index in [1.807, 2.05) is 129 Å². The van der Waals surface area contributed by atoms with Gasteiger partial charge in [-0.25, -0.2) is 18.3 Å². The van der Waals surface area contributed by atoms with Gasteiger partial charge in [0, 0.05) is 83.9 Å². The van der Waals surface area contributed by atoms with Gasteiger partial charge in [-0.15, -0.1) is 0 Å². The van der Waals surface area contributed by atoms with E-state index in [4.69, 9.17) is 15.1 Å². The molecule has 0 saturated heterocycles. The van der Waals surface area contributed by atoms with Gasteiger partial charge < -0.3 is 0 Å². The van der Waals surface area contributed by atoms with Crippen molar-refractivity contribution in [3.63, 3.8) is 0 Å². The molecule has 11 aromatic rings. The van der Waals surface area contributed by atoms with Crippen LogP contribution in [0.3, 0.4) is 0 Å². The summed E-state index contributed by atoms with van der Waals surface area (Å²) in [6.45, 7) is 7.56. The minimum Gasteiger partial charge on any atom is -0.201 e. The monoisotopic (exact) mass is 1070 g/mol. The van der Waals surface area contributed by atoms with Crippen molar-refractivity contribution >= 4 is 0 Å². The Kier molecular flexibility index (Phi) is 14.9. The summed E-state index contributed by atoms with van der Waals surface area (Å²) < 4.78 is 92.5. The van der Waals surface area contributed by atoms with Crippen molar-refractivity contribution in [2.75, 3.05) is 0 Å². The fraction of sp³-hybridized carbons (Fsp3) is 0.195. The molecule has 0 aliphatic carbocycles. The van der Waals surface area contributed by atoms with Gasteiger partial charge in [0.05, 0.1) is 0 Å². The summed E-state index contributed by atoms with van der Waals surface area (Å²) in [6.07, 6.45) is 6.48. The molecule has 4 aromatic heterocycles. The highest BCUT2D eigenvalue weighted by Crippen LogP contribution is 2.31. The molecule has 0 atom stereocenters. The highest BCUT2D eigenvalue weighted by atomic mass is 14.9. The van der Waals surface area contributed by atoms with Crippen molar-refractivity contribution in [1.82, 2.24) is 0 Å². The first-order valence-electron chi connectivity index (χ1n) is 32.9. The number of hydrogen-bond acceptors (Lipinski definition) is 0. The molecule has 0 unspecified atom stereocenters. The molecule has 11 rings (SSSR count). The summed E-state index contributed by atoms with van der Waals surface area (Å²) >= 11 is 0. The lowest BCUT2D eigenvalue weighted by atomic mass is 9.97. The molecule has 4 heteroatoms. The summed E-state index contributed by atoms with van der Waals surface area (Å²) in [4.78, 5) is 0. The van der Waals surface area contributed by atoms with E-state index in [2.05, 4.69) is 147 Å². The zero-order chi connectivity index (χ0) is 67.0. The lowest BCUT2D eigenvalue weighted by Gasteiger charge is -2.10. The van der Waals surface area contributed by atoms with Crippen LogP contribution in [0.5, 0.6) is 0 Å². The highest BCUT2D eigenvalue weighted by Gasteiger charge is 2.20. The quantitative estimate of drug-likeness (QED) is 0.135. The van der Waals surface area contributed by atoms with Gasteiger partial charge in [-0.3, -0.25) is 0 Å². The Morgan fingerprint density at radius 1 is 0.296 bits per heavy atom. The van der Waals surface area contributed by atoms with Crippen LogP contribution in [0.2, 0.25) is 0 Å². The predicted octanol–water partition coefficient (Wildman–Crippen LogP) is 17.1. The Bertz CT molecular complexity index is 4320. The van der Waals surface area contributed by atoms with Crippen LogP contribution >= 0.6 is 0 Å². The van der Waals surface area contributed by atoms with E-state index >= 15 is 0 Å². The number of benzene rings is 7. The maximum Gasteiger partial charge on any atom is 0.213 e. The van der Waals surface area contributed by atoms with Crippen LogP contribution in [0.15, 0.2) is 231 Å². The van der Waals surface area contributed by atoms with Gasteiger partial charge in [0.15, 0.2) is 24.8 Å². The minimum atomic E-state index is -2.16. The Balaban J connectivity index is 0.000000158. The molecule has 4 nitrogen and oxygen atoms in total. The zero-order valence-electron chi connectivity index (χ0n) is 59.7. The molecule has 0 N–H and O–H groups in total. The summed E-state index contributed by atoms with van der Waals surface area (Å²) in [7, 11) is 7.90. The summed E-state index contributed by atoms with van der Waals surface area (Å²) in [5, 5.41) is 0. The Hall–Kier alpha value is -8.86. The molecule has 0 saturated carbocycles. The molecule has 0 spiro atoms. The van der Waals surface area contributed by atoms with Gasteiger partial charge in [-0.05, 0) is 154 Å². The SMILES string of the molecule is Cc1cc(-c2ccccc2C)[n+](C)cc1-c1ccccc1.[2H]C([2H])([2H])c1c[n+](C)c(-c2ccccc2C)cc1-c1ccccc1.[2H]C([2H])([2H])c1ccc(-c2cc(C)c(-c3ccccc3)c[n+]2C)c(C)c1.[2H]C([2H])([2H])c1ccc(-c2ccc(C([2H])([2H])C)c[n+]2C)c(C)c1. The van der Waals surface area contributed by atoms with Crippen molar-refractivity contribution < 1.29 is 33.3 Å². The van der Waals surface area contributed by atoms with Crippen LogP contribution in [-0.2, 0) is 34.6 Å². The van der Waals surface area contributed by atoms with Crippen LogP contribution in [0.25, 0.3) is 78.4 Å². The molecule has 0 radical (unpaired) electrons. The first-order valence-corrected chi connectivity index (χ1v) is 27.4. The predicted molar refractivity (Wildman–Crippen MR) is 341 cm³/mol. The Morgan fingerprint density at radius 2 is 0.667 bits per heavy atom. The number of aromatic nitrogens is 4. The molecule has 0 amide bonds. The van der Waals surface area contributed by atoms with E-state index < -0.39 is 26.9 Å². The van der Waals surface area contributed by atoms with Crippen LogP contribution in [0.4, 0.5) is 0 Å². The van der Waals surface area contributed by atoms with Crippen molar-refractivity contribution in [1.29, 1.82) is 0 Å². The van der Waals surface area contributed by atoms with Crippen LogP contribution < -0.4 is 18.3 Å². The number of rotatable bonds is 8. The standard InChI is InChI=1S/C21H22N.2C20H20N.C16H20N/c1-15-10-11-19(16(2)12-15)21-13-17(3)20(14-22(21)4)18-8-6-5-7-9-18;1-15-9-7-8-12-18(15)20-13-19(16(2)14-21(20)3)17-10-5-4-6-11-17;1-15-9-7-8-12-18(15)20-13-16(2)19(14-21(20)3)17-10-5-4-6-11-17;1-5-14-7-9-16(17(4)11-14)15-8-6-12(2)10-13(15)3/h5-14H,1-4H3;2*4-14H,1-3H3;6-11H,5H2,1-4H3/q4*+1/i1D3;2D3;;2D3,5D2. The first kappa shape index (κ1) is 44.9. The van der Waals surface area contributed by atoms with Crippen molar-refractivity contribution in [2.24, 2.45) is 28.2 Å². The van der Waals surface area contributed by atoms with Gasteiger partial charge in [0.2, 0.25) is 22.8 Å². The third-order valence-electron chi connectivity index (χ3n) is 14.8. The Labute approximate surface area is 500 Å². The summed E-state index contributed by atoms with van der Waals surface area (Å²) in [6, 6.07) is 67.8. The molecule has 0 bridgehead atoms. The van der Waals surface area contributed by atoms with Gasteiger partial charge in [-0.1, -0.05) is 170 Å². The average molecular weight is 1070 g/mol. The van der Waals surface area contributed by atoms with E-state index in [9.17, 15) is 0 Å². The largest absolute Gasteiger partial charge is 0.213 e.